The number of thioether (sulfide) groups is 1. The number of ether oxygens (including phenoxy) is 1. The number of alkyl halides is 3. The van der Waals surface area contributed by atoms with Gasteiger partial charge >= 0.3 is 6.18 Å². The van der Waals surface area contributed by atoms with E-state index < -0.39 is 40.4 Å². The number of piperidine rings is 1. The topological polar surface area (TPSA) is 158 Å². The zero-order valence-electron chi connectivity index (χ0n) is 26.6. The summed E-state index contributed by atoms with van der Waals surface area (Å²) in [6.45, 7) is 2.77. The summed E-state index contributed by atoms with van der Waals surface area (Å²) in [6, 6.07) is 3.49. The number of nitrogens with one attached hydrogen (secondary N) is 1. The Morgan fingerprint density at radius 3 is 2.44 bits per heavy atom. The van der Waals surface area contributed by atoms with Crippen LogP contribution in [0.2, 0.25) is 0 Å². The summed E-state index contributed by atoms with van der Waals surface area (Å²) in [5.74, 6) is -0.962. The molecule has 3 aliphatic heterocycles. The van der Waals surface area contributed by atoms with Crippen LogP contribution in [0.1, 0.15) is 29.7 Å². The third kappa shape index (κ3) is 9.28. The molecule has 2 fully saturated rings. The maximum Gasteiger partial charge on any atom is 0.417 e. The lowest BCUT2D eigenvalue weighted by Gasteiger charge is -2.33. The van der Waals surface area contributed by atoms with Crippen molar-refractivity contribution in [3.63, 3.8) is 0 Å². The highest BCUT2D eigenvalue weighted by Gasteiger charge is 2.35. The maximum atomic E-state index is 14.1. The van der Waals surface area contributed by atoms with Crippen molar-refractivity contribution in [2.24, 2.45) is 0 Å². The number of benzene rings is 1. The lowest BCUT2D eigenvalue weighted by Crippen LogP contribution is -2.46. The molecule has 1 aromatic heterocycles. The van der Waals surface area contributed by atoms with E-state index in [1.54, 1.807) is 9.58 Å². The van der Waals surface area contributed by atoms with Crippen LogP contribution < -0.4 is 4.72 Å². The van der Waals surface area contributed by atoms with Crippen molar-refractivity contribution in [1.82, 2.24) is 29.2 Å². The highest BCUT2D eigenvalue weighted by molar-refractivity contribution is 8.00. The minimum absolute atomic E-state index is 0.0834. The van der Waals surface area contributed by atoms with E-state index in [9.17, 15) is 41.4 Å². The molecule has 2 aromatic rings. The van der Waals surface area contributed by atoms with E-state index in [0.29, 0.717) is 88.6 Å². The average Bonchev–Trinajstić information content (AvgIpc) is 3.40. The molecule has 3 N–H and O–H groups in total. The molecule has 48 heavy (non-hydrogen) atoms. The highest BCUT2D eigenvalue weighted by Crippen LogP contribution is 2.40. The van der Waals surface area contributed by atoms with Gasteiger partial charge in [0.1, 0.15) is 6.61 Å². The molecular formula is C30H41F3N6O7S2. The van der Waals surface area contributed by atoms with Gasteiger partial charge in [0.05, 0.1) is 49.1 Å². The minimum Gasteiger partial charge on any atom is -0.390 e. The van der Waals surface area contributed by atoms with Gasteiger partial charge in [-0.15, -0.1) is 11.8 Å². The van der Waals surface area contributed by atoms with Gasteiger partial charge in [-0.2, -0.15) is 18.3 Å². The molecule has 1 atom stereocenters. The van der Waals surface area contributed by atoms with E-state index in [2.05, 4.69) is 4.72 Å². The Bertz CT molecular complexity index is 1580. The first-order valence-corrected chi connectivity index (χ1v) is 18.6. The van der Waals surface area contributed by atoms with E-state index in [4.69, 9.17) is 9.84 Å². The van der Waals surface area contributed by atoms with Crippen molar-refractivity contribution in [3.05, 3.63) is 35.0 Å². The van der Waals surface area contributed by atoms with Crippen LogP contribution in [0, 0.1) is 0 Å². The Balaban J connectivity index is 1.38. The molecule has 0 radical (unpaired) electrons. The Morgan fingerprint density at radius 1 is 1.08 bits per heavy atom. The Morgan fingerprint density at radius 2 is 1.79 bits per heavy atom. The molecular weight excluding hydrogens is 677 g/mol. The third-order valence-electron chi connectivity index (χ3n) is 8.72. The fourth-order valence-corrected chi connectivity index (χ4v) is 8.20. The van der Waals surface area contributed by atoms with Gasteiger partial charge in [0.25, 0.3) is 0 Å². The zero-order chi connectivity index (χ0) is 34.6. The maximum absolute atomic E-state index is 14.1. The van der Waals surface area contributed by atoms with E-state index in [1.165, 1.54) is 17.0 Å². The fraction of sp³-hybridized carbons (Fsp3) is 0.633. The van der Waals surface area contributed by atoms with Gasteiger partial charge in [-0.1, -0.05) is 6.07 Å². The summed E-state index contributed by atoms with van der Waals surface area (Å²) < 4.78 is 74.9. The van der Waals surface area contributed by atoms with E-state index >= 15 is 0 Å². The highest BCUT2D eigenvalue weighted by atomic mass is 32.2. The smallest absolute Gasteiger partial charge is 0.390 e. The molecule has 1 unspecified atom stereocenters. The Labute approximate surface area is 281 Å². The van der Waals surface area contributed by atoms with E-state index in [0.717, 1.165) is 29.8 Å². The molecule has 0 saturated carbocycles. The number of likely N-dealkylation sites (tertiary alicyclic amines) is 1. The molecule has 0 bridgehead atoms. The lowest BCUT2D eigenvalue weighted by atomic mass is 9.99. The molecule has 0 aliphatic carbocycles. The van der Waals surface area contributed by atoms with Gasteiger partial charge in [-0.3, -0.25) is 14.3 Å². The van der Waals surface area contributed by atoms with Gasteiger partial charge in [-0.25, -0.2) is 13.1 Å². The number of carbonyl (C=O) groups excluding carboxylic acids is 2. The van der Waals surface area contributed by atoms with Gasteiger partial charge in [-0.05, 0) is 38.1 Å². The van der Waals surface area contributed by atoms with Crippen LogP contribution in [0.15, 0.2) is 23.1 Å². The van der Waals surface area contributed by atoms with Crippen molar-refractivity contribution in [2.45, 2.75) is 55.6 Å². The number of aromatic nitrogens is 2. The number of nitrogens with zero attached hydrogens (tertiary/aromatic N) is 5. The molecule has 2 amide bonds. The molecule has 1 aromatic carbocycles. The number of fused-ring (bicyclic) bond motifs is 1. The number of sulfonamides is 1. The van der Waals surface area contributed by atoms with Crippen molar-refractivity contribution < 1.29 is 46.1 Å². The Hall–Kier alpha value is -2.74. The molecule has 18 heteroatoms. The third-order valence-corrected chi connectivity index (χ3v) is 10.5. The number of hydrogen-bond acceptors (Lipinski definition) is 10. The predicted molar refractivity (Wildman–Crippen MR) is 170 cm³/mol. The van der Waals surface area contributed by atoms with Gasteiger partial charge in [0, 0.05) is 66.9 Å². The summed E-state index contributed by atoms with van der Waals surface area (Å²) in [6.07, 6.45) is -2.84. The van der Waals surface area contributed by atoms with E-state index in [1.807, 2.05) is 4.90 Å². The average molecular weight is 719 g/mol. The largest absolute Gasteiger partial charge is 0.417 e. The minimum atomic E-state index is -4.66. The number of rotatable bonds is 11. The number of morpholine rings is 1. The van der Waals surface area contributed by atoms with Crippen molar-refractivity contribution in [3.8, 4) is 11.3 Å². The predicted octanol–water partition coefficient (Wildman–Crippen LogP) is 0.771. The number of β-amino-alcohol motifs (C(OH)–C–C–N with tert-alkyl or cyclic N) is 1. The summed E-state index contributed by atoms with van der Waals surface area (Å²) >= 11 is 0.803. The van der Waals surface area contributed by atoms with Crippen LogP contribution in [-0.4, -0.2) is 138 Å². The van der Waals surface area contributed by atoms with Gasteiger partial charge < -0.3 is 29.6 Å². The van der Waals surface area contributed by atoms with Crippen LogP contribution in [0.3, 0.4) is 0 Å². The van der Waals surface area contributed by atoms with Crippen LogP contribution in [0.25, 0.3) is 11.3 Å². The number of aliphatic hydroxyl groups is 2. The Kier molecular flexibility index (Phi) is 11.7. The van der Waals surface area contributed by atoms with E-state index in [-0.39, 0.29) is 35.7 Å². The van der Waals surface area contributed by atoms with Gasteiger partial charge in [0.2, 0.25) is 21.8 Å². The van der Waals surface area contributed by atoms with Crippen LogP contribution in [-0.2, 0) is 50.0 Å². The first-order valence-electron chi connectivity index (χ1n) is 15.8. The monoisotopic (exact) mass is 718 g/mol. The van der Waals surface area contributed by atoms with Crippen LogP contribution in [0.5, 0.6) is 0 Å². The number of halogens is 3. The molecule has 4 heterocycles. The van der Waals surface area contributed by atoms with Crippen LogP contribution in [0.4, 0.5) is 13.2 Å². The molecule has 2 saturated heterocycles. The zero-order valence-corrected chi connectivity index (χ0v) is 28.2. The normalized spacial score (nSPS) is 19.0. The number of amides is 2. The summed E-state index contributed by atoms with van der Waals surface area (Å²) in [5.41, 5.74) is 1.20. The molecule has 5 rings (SSSR count). The molecule has 266 valence electrons. The molecule has 3 aliphatic rings. The second-order valence-electron chi connectivity index (χ2n) is 12.3. The lowest BCUT2D eigenvalue weighted by molar-refractivity contribution is -0.140. The van der Waals surface area contributed by atoms with Gasteiger partial charge in [0.15, 0.2) is 0 Å². The van der Waals surface area contributed by atoms with Crippen LogP contribution >= 0.6 is 11.8 Å². The summed E-state index contributed by atoms with van der Waals surface area (Å²) in [7, 11) is -3.32. The molecule has 0 spiro atoms. The quantitative estimate of drug-likeness (QED) is 0.284. The SMILES string of the molecule is CS(=O)(=O)NC1CCN(CC(O)Cn2nc(-c3ccc(C(F)(F)F)c(SCC(=O)N4CCOCC4)c3)c3c2CCN(C(=O)CO)C3)CC1. The number of hydrogen-bond donors (Lipinski definition) is 3. The fourth-order valence-electron chi connectivity index (χ4n) is 6.34. The second kappa shape index (κ2) is 15.4. The summed E-state index contributed by atoms with van der Waals surface area (Å²) in [4.78, 5) is 30.1. The van der Waals surface area contributed by atoms with Crippen molar-refractivity contribution in [2.75, 3.05) is 71.1 Å². The van der Waals surface area contributed by atoms with Crippen molar-refractivity contribution >= 4 is 33.6 Å². The standard InChI is InChI=1S/C30H41F3N6O7S2/c1-48(44,45)35-21-4-7-36(8-5-21)15-22(41)16-39-25-6-9-38(27(42)18-40)17-23(25)29(34-39)20-2-3-24(30(31,32)33)26(14-20)47-19-28(43)37-10-12-46-13-11-37/h2-3,14,21-22,35,40-41H,4-13,15-19H2,1H3. The van der Waals surface area contributed by atoms with Crippen molar-refractivity contribution in [1.29, 1.82) is 0 Å². The summed E-state index contributed by atoms with van der Waals surface area (Å²) in [5, 5.41) is 25.3. The second-order valence-corrected chi connectivity index (χ2v) is 15.1. The first kappa shape index (κ1) is 36.5. The molecule has 13 nitrogen and oxygen atoms in total. The number of aliphatic hydroxyl groups excluding tert-OH is 2. The number of carbonyl (C=O) groups is 2. The first-order chi connectivity index (χ1) is 22.7.